The topological polar surface area (TPSA) is 60.2 Å². The van der Waals surface area contributed by atoms with Crippen LogP contribution in [0.15, 0.2) is 12.1 Å². The lowest BCUT2D eigenvalue weighted by molar-refractivity contribution is -0.135. The van der Waals surface area contributed by atoms with Crippen LogP contribution < -0.4 is 15.8 Å². The van der Waals surface area contributed by atoms with Crippen molar-refractivity contribution in [1.29, 1.82) is 0 Å². The van der Waals surface area contributed by atoms with Crippen LogP contribution in [-0.2, 0) is 0 Å². The number of pyridine rings is 1. The smallest absolute Gasteiger partial charge is 0.389 e. The van der Waals surface area contributed by atoms with Crippen LogP contribution in [0.3, 0.4) is 0 Å². The van der Waals surface area contributed by atoms with Gasteiger partial charge in [-0.15, -0.1) is 0 Å². The van der Waals surface area contributed by atoms with Gasteiger partial charge in [-0.1, -0.05) is 6.92 Å². The number of anilines is 2. The Morgan fingerprint density at radius 3 is 2.70 bits per heavy atom. The Labute approximate surface area is 116 Å². The lowest BCUT2D eigenvalue weighted by Gasteiger charge is -2.10. The van der Waals surface area contributed by atoms with Crippen LogP contribution >= 0.6 is 0 Å². The number of alkyl halides is 3. The predicted octanol–water partition coefficient (Wildman–Crippen LogP) is 3.60. The van der Waals surface area contributed by atoms with Gasteiger partial charge in [-0.25, -0.2) is 0 Å². The molecule has 0 radical (unpaired) electrons. The SMILES string of the molecule is CCCOc1nc(NCCCCC(F)(F)F)ccc1N. The summed E-state index contributed by atoms with van der Waals surface area (Å²) in [4.78, 5) is 4.18. The second-order valence-corrected chi connectivity index (χ2v) is 4.44. The van der Waals surface area contributed by atoms with Gasteiger partial charge in [0, 0.05) is 13.0 Å². The number of nitrogens with two attached hydrogens (primary N) is 1. The first-order valence-electron chi connectivity index (χ1n) is 6.62. The minimum Gasteiger partial charge on any atom is -0.476 e. The van der Waals surface area contributed by atoms with Gasteiger partial charge in [-0.3, -0.25) is 0 Å². The van der Waals surface area contributed by atoms with Crippen molar-refractivity contribution in [2.24, 2.45) is 0 Å². The molecule has 3 N–H and O–H groups in total. The fourth-order valence-electron chi connectivity index (χ4n) is 1.53. The van der Waals surface area contributed by atoms with Crippen molar-refractivity contribution in [2.75, 3.05) is 24.2 Å². The number of hydrogen-bond donors (Lipinski definition) is 2. The Hall–Kier alpha value is -1.66. The highest BCUT2D eigenvalue weighted by Crippen LogP contribution is 2.23. The van der Waals surface area contributed by atoms with E-state index < -0.39 is 12.6 Å². The van der Waals surface area contributed by atoms with Crippen LogP contribution in [0.4, 0.5) is 24.7 Å². The molecule has 0 fully saturated rings. The quantitative estimate of drug-likeness (QED) is 0.718. The highest BCUT2D eigenvalue weighted by Gasteiger charge is 2.25. The van der Waals surface area contributed by atoms with E-state index in [1.165, 1.54) is 0 Å². The zero-order valence-electron chi connectivity index (χ0n) is 11.5. The number of nitrogens with zero attached hydrogens (tertiary/aromatic N) is 1. The molecule has 0 atom stereocenters. The molecule has 0 amide bonds. The standard InChI is InChI=1S/C13H20F3N3O/c1-2-9-20-12-10(17)5-6-11(19-12)18-8-4-3-7-13(14,15)16/h5-6H,2-4,7-9,17H2,1H3,(H,18,19). The average molecular weight is 291 g/mol. The first-order valence-corrected chi connectivity index (χ1v) is 6.62. The van der Waals surface area contributed by atoms with Crippen molar-refractivity contribution in [3.05, 3.63) is 12.1 Å². The maximum Gasteiger partial charge on any atom is 0.389 e. The third kappa shape index (κ3) is 6.49. The van der Waals surface area contributed by atoms with E-state index in [0.29, 0.717) is 37.0 Å². The lowest BCUT2D eigenvalue weighted by atomic mass is 10.2. The second-order valence-electron chi connectivity index (χ2n) is 4.44. The van der Waals surface area contributed by atoms with Crippen LogP contribution in [0.5, 0.6) is 5.88 Å². The van der Waals surface area contributed by atoms with E-state index in [0.717, 1.165) is 6.42 Å². The van der Waals surface area contributed by atoms with Crippen molar-refractivity contribution in [1.82, 2.24) is 4.98 Å². The molecule has 0 aromatic carbocycles. The number of ether oxygens (including phenoxy) is 1. The minimum atomic E-state index is -4.08. The molecule has 1 heterocycles. The zero-order chi connectivity index (χ0) is 15.0. The van der Waals surface area contributed by atoms with E-state index >= 15 is 0 Å². The van der Waals surface area contributed by atoms with Gasteiger partial charge >= 0.3 is 6.18 Å². The van der Waals surface area contributed by atoms with Crippen molar-refractivity contribution < 1.29 is 17.9 Å². The van der Waals surface area contributed by atoms with Gasteiger partial charge < -0.3 is 15.8 Å². The molecule has 0 unspecified atom stereocenters. The van der Waals surface area contributed by atoms with Crippen LogP contribution in [-0.4, -0.2) is 24.3 Å². The summed E-state index contributed by atoms with van der Waals surface area (Å²) in [5.74, 6) is 0.907. The molecule has 20 heavy (non-hydrogen) atoms. The monoisotopic (exact) mass is 291 g/mol. The molecule has 1 rings (SSSR count). The Balaban J connectivity index is 2.36. The molecular weight excluding hydrogens is 271 g/mol. The second kappa shape index (κ2) is 7.81. The molecule has 1 aromatic heterocycles. The Morgan fingerprint density at radius 2 is 2.05 bits per heavy atom. The summed E-state index contributed by atoms with van der Waals surface area (Å²) in [6.45, 7) is 2.92. The summed E-state index contributed by atoms with van der Waals surface area (Å²) in [5, 5.41) is 2.96. The molecule has 4 nitrogen and oxygen atoms in total. The molecule has 0 aliphatic rings. The summed E-state index contributed by atoms with van der Waals surface area (Å²) in [7, 11) is 0. The predicted molar refractivity (Wildman–Crippen MR) is 72.8 cm³/mol. The van der Waals surface area contributed by atoms with Crippen LogP contribution in [0.25, 0.3) is 0 Å². The number of rotatable bonds is 8. The van der Waals surface area contributed by atoms with Gasteiger partial charge in [0.05, 0.1) is 12.3 Å². The maximum atomic E-state index is 12.0. The summed E-state index contributed by atoms with van der Waals surface area (Å²) < 4.78 is 41.2. The Morgan fingerprint density at radius 1 is 1.30 bits per heavy atom. The molecule has 0 spiro atoms. The minimum absolute atomic E-state index is 0.102. The normalized spacial score (nSPS) is 11.4. The van der Waals surface area contributed by atoms with Gasteiger partial charge in [0.25, 0.3) is 0 Å². The molecule has 0 aliphatic heterocycles. The highest BCUT2D eigenvalue weighted by atomic mass is 19.4. The lowest BCUT2D eigenvalue weighted by Crippen LogP contribution is -2.09. The van der Waals surface area contributed by atoms with E-state index in [9.17, 15) is 13.2 Å². The summed E-state index contributed by atoms with van der Waals surface area (Å²) in [6.07, 6.45) is -3.47. The van der Waals surface area contributed by atoms with Crippen molar-refractivity contribution in [3.63, 3.8) is 0 Å². The molecule has 0 saturated heterocycles. The summed E-state index contributed by atoms with van der Waals surface area (Å²) in [5.41, 5.74) is 6.16. The fourth-order valence-corrected chi connectivity index (χ4v) is 1.53. The Bertz CT molecular complexity index is 410. The molecule has 7 heteroatoms. The van der Waals surface area contributed by atoms with Gasteiger partial charge in [-0.05, 0) is 31.4 Å². The number of nitrogens with one attached hydrogen (secondary N) is 1. The maximum absolute atomic E-state index is 12.0. The van der Waals surface area contributed by atoms with Crippen molar-refractivity contribution in [3.8, 4) is 5.88 Å². The third-order valence-corrected chi connectivity index (χ3v) is 2.53. The average Bonchev–Trinajstić information content (AvgIpc) is 2.37. The third-order valence-electron chi connectivity index (χ3n) is 2.53. The van der Waals surface area contributed by atoms with E-state index in [-0.39, 0.29) is 6.42 Å². The zero-order valence-corrected chi connectivity index (χ0v) is 11.5. The largest absolute Gasteiger partial charge is 0.476 e. The molecule has 0 aliphatic carbocycles. The number of unbranched alkanes of at least 4 members (excludes halogenated alkanes) is 1. The Kier molecular flexibility index (Phi) is 6.41. The molecule has 1 aromatic rings. The molecule has 114 valence electrons. The fraction of sp³-hybridized carbons (Fsp3) is 0.615. The number of aromatic nitrogens is 1. The van der Waals surface area contributed by atoms with Crippen LogP contribution in [0.2, 0.25) is 0 Å². The van der Waals surface area contributed by atoms with E-state index in [2.05, 4.69) is 10.3 Å². The first kappa shape index (κ1) is 16.4. The molecule has 0 bridgehead atoms. The van der Waals surface area contributed by atoms with Crippen molar-refractivity contribution in [2.45, 2.75) is 38.8 Å². The van der Waals surface area contributed by atoms with E-state index in [1.54, 1.807) is 12.1 Å². The van der Waals surface area contributed by atoms with Gasteiger partial charge in [0.1, 0.15) is 5.82 Å². The van der Waals surface area contributed by atoms with Crippen LogP contribution in [0.1, 0.15) is 32.6 Å². The number of hydrogen-bond acceptors (Lipinski definition) is 4. The van der Waals surface area contributed by atoms with Crippen molar-refractivity contribution >= 4 is 11.5 Å². The molecular formula is C13H20F3N3O. The van der Waals surface area contributed by atoms with Gasteiger partial charge in [-0.2, -0.15) is 18.2 Å². The van der Waals surface area contributed by atoms with Gasteiger partial charge in [0.2, 0.25) is 5.88 Å². The number of nitrogen functional groups attached to an aromatic ring is 1. The van der Waals surface area contributed by atoms with Gasteiger partial charge in [0.15, 0.2) is 0 Å². The van der Waals surface area contributed by atoms with Crippen LogP contribution in [0, 0.1) is 0 Å². The highest BCUT2D eigenvalue weighted by molar-refractivity contribution is 5.53. The first-order chi connectivity index (χ1) is 9.42. The van der Waals surface area contributed by atoms with E-state index in [4.69, 9.17) is 10.5 Å². The molecule has 0 saturated carbocycles. The summed E-state index contributed by atoms with van der Waals surface area (Å²) >= 11 is 0. The van der Waals surface area contributed by atoms with E-state index in [1.807, 2.05) is 6.92 Å². The number of halogens is 3. The summed E-state index contributed by atoms with van der Waals surface area (Å²) in [6, 6.07) is 3.34.